The standard InChI is InChI=1S/C11H15F3N2/c1-10(2,3)7-16-9-5-4-8(6-15-9)11(12,13)14/h4-6H,7H2,1-3H3,(H,15,16). The molecule has 0 bridgehead atoms. The fourth-order valence-corrected chi connectivity index (χ4v) is 1.02. The number of pyridine rings is 1. The van der Waals surface area contributed by atoms with E-state index in [0.717, 1.165) is 12.3 Å². The molecular formula is C11H15F3N2. The van der Waals surface area contributed by atoms with Crippen LogP contribution in [0.1, 0.15) is 26.3 Å². The van der Waals surface area contributed by atoms with E-state index in [0.29, 0.717) is 12.4 Å². The summed E-state index contributed by atoms with van der Waals surface area (Å²) in [5.74, 6) is 0.461. The molecule has 0 aromatic carbocycles. The van der Waals surface area contributed by atoms with Crippen molar-refractivity contribution < 1.29 is 13.2 Å². The van der Waals surface area contributed by atoms with E-state index >= 15 is 0 Å². The van der Waals surface area contributed by atoms with Gasteiger partial charge in [0.2, 0.25) is 0 Å². The predicted molar refractivity (Wildman–Crippen MR) is 57.2 cm³/mol. The van der Waals surface area contributed by atoms with Gasteiger partial charge in [-0.3, -0.25) is 0 Å². The van der Waals surface area contributed by atoms with Crippen molar-refractivity contribution >= 4 is 5.82 Å². The number of nitrogens with zero attached hydrogens (tertiary/aromatic N) is 1. The fourth-order valence-electron chi connectivity index (χ4n) is 1.02. The highest BCUT2D eigenvalue weighted by Crippen LogP contribution is 2.28. The van der Waals surface area contributed by atoms with Crippen LogP contribution in [0, 0.1) is 5.41 Å². The van der Waals surface area contributed by atoms with Crippen LogP contribution in [0.15, 0.2) is 18.3 Å². The molecule has 0 saturated carbocycles. The van der Waals surface area contributed by atoms with E-state index < -0.39 is 11.7 Å². The molecule has 90 valence electrons. The van der Waals surface area contributed by atoms with Crippen molar-refractivity contribution in [3.63, 3.8) is 0 Å². The highest BCUT2D eigenvalue weighted by atomic mass is 19.4. The largest absolute Gasteiger partial charge is 0.417 e. The van der Waals surface area contributed by atoms with Gasteiger partial charge in [-0.1, -0.05) is 20.8 Å². The molecule has 5 heteroatoms. The maximum atomic E-state index is 12.2. The summed E-state index contributed by atoms with van der Waals surface area (Å²) in [6.07, 6.45) is -3.49. The molecule has 16 heavy (non-hydrogen) atoms. The lowest BCUT2D eigenvalue weighted by atomic mass is 9.97. The summed E-state index contributed by atoms with van der Waals surface area (Å²) in [5.41, 5.74) is -0.668. The lowest BCUT2D eigenvalue weighted by Gasteiger charge is -2.19. The van der Waals surface area contributed by atoms with Crippen molar-refractivity contribution in [3.05, 3.63) is 23.9 Å². The van der Waals surface area contributed by atoms with Crippen molar-refractivity contribution in [2.24, 2.45) is 5.41 Å². The molecule has 0 aliphatic rings. The van der Waals surface area contributed by atoms with Crippen molar-refractivity contribution in [2.75, 3.05) is 11.9 Å². The highest BCUT2D eigenvalue weighted by molar-refractivity contribution is 5.36. The van der Waals surface area contributed by atoms with Crippen LogP contribution < -0.4 is 5.32 Å². The van der Waals surface area contributed by atoms with Crippen LogP contribution >= 0.6 is 0 Å². The minimum atomic E-state index is -4.32. The summed E-state index contributed by atoms with van der Waals surface area (Å²) in [5, 5.41) is 2.98. The first kappa shape index (κ1) is 12.8. The molecule has 0 saturated heterocycles. The first-order valence-corrected chi connectivity index (χ1v) is 4.96. The van der Waals surface area contributed by atoms with Gasteiger partial charge in [0.25, 0.3) is 0 Å². The van der Waals surface area contributed by atoms with Gasteiger partial charge in [-0.05, 0) is 17.5 Å². The second kappa shape index (κ2) is 4.31. The third-order valence-corrected chi connectivity index (χ3v) is 1.89. The minimum absolute atomic E-state index is 0.0599. The molecule has 0 amide bonds. The summed E-state index contributed by atoms with van der Waals surface area (Å²) >= 11 is 0. The van der Waals surface area contributed by atoms with E-state index in [1.165, 1.54) is 6.07 Å². The van der Waals surface area contributed by atoms with Gasteiger partial charge in [0.1, 0.15) is 5.82 Å². The zero-order valence-electron chi connectivity index (χ0n) is 9.52. The second-order valence-corrected chi connectivity index (χ2v) is 4.84. The van der Waals surface area contributed by atoms with Crippen LogP contribution in [-0.2, 0) is 6.18 Å². The summed E-state index contributed by atoms with van der Waals surface area (Å²) in [7, 11) is 0. The Balaban J connectivity index is 2.66. The van der Waals surface area contributed by atoms with Crippen LogP contribution in [0.4, 0.5) is 19.0 Å². The molecule has 0 spiro atoms. The maximum Gasteiger partial charge on any atom is 0.417 e. The fraction of sp³-hybridized carbons (Fsp3) is 0.545. The Morgan fingerprint density at radius 1 is 1.19 bits per heavy atom. The highest BCUT2D eigenvalue weighted by Gasteiger charge is 2.30. The molecule has 0 aliphatic heterocycles. The number of rotatable bonds is 2. The van der Waals surface area contributed by atoms with Gasteiger partial charge >= 0.3 is 6.18 Å². The molecule has 1 heterocycles. The van der Waals surface area contributed by atoms with E-state index in [2.05, 4.69) is 10.3 Å². The number of anilines is 1. The molecule has 1 rings (SSSR count). The number of halogens is 3. The van der Waals surface area contributed by atoms with Crippen LogP contribution in [0.3, 0.4) is 0 Å². The van der Waals surface area contributed by atoms with E-state index in [1.807, 2.05) is 20.8 Å². The zero-order chi connectivity index (χ0) is 12.4. The SMILES string of the molecule is CC(C)(C)CNc1ccc(C(F)(F)F)cn1. The molecular weight excluding hydrogens is 217 g/mol. The van der Waals surface area contributed by atoms with Crippen molar-refractivity contribution in [1.29, 1.82) is 0 Å². The van der Waals surface area contributed by atoms with E-state index in [4.69, 9.17) is 0 Å². The monoisotopic (exact) mass is 232 g/mol. The average molecular weight is 232 g/mol. The van der Waals surface area contributed by atoms with Gasteiger partial charge in [0, 0.05) is 12.7 Å². The molecule has 0 unspecified atom stereocenters. The van der Waals surface area contributed by atoms with Crippen molar-refractivity contribution in [3.8, 4) is 0 Å². The first-order valence-electron chi connectivity index (χ1n) is 4.96. The van der Waals surface area contributed by atoms with Crippen molar-refractivity contribution in [1.82, 2.24) is 4.98 Å². The average Bonchev–Trinajstić information content (AvgIpc) is 2.13. The van der Waals surface area contributed by atoms with Crippen molar-refractivity contribution in [2.45, 2.75) is 26.9 Å². The number of hydrogen-bond acceptors (Lipinski definition) is 2. The van der Waals surface area contributed by atoms with Crippen LogP contribution in [0.2, 0.25) is 0 Å². The normalized spacial score (nSPS) is 12.6. The van der Waals surface area contributed by atoms with Crippen LogP contribution in [-0.4, -0.2) is 11.5 Å². The van der Waals surface area contributed by atoms with Gasteiger partial charge in [-0.15, -0.1) is 0 Å². The number of hydrogen-bond donors (Lipinski definition) is 1. The minimum Gasteiger partial charge on any atom is -0.370 e. The van der Waals surface area contributed by atoms with Gasteiger partial charge < -0.3 is 5.32 Å². The van der Waals surface area contributed by atoms with Gasteiger partial charge in [0.05, 0.1) is 5.56 Å². The molecule has 0 radical (unpaired) electrons. The lowest BCUT2D eigenvalue weighted by Crippen LogP contribution is -2.19. The summed E-state index contributed by atoms with van der Waals surface area (Å²) in [4.78, 5) is 3.72. The van der Waals surface area contributed by atoms with Crippen LogP contribution in [0.25, 0.3) is 0 Å². The van der Waals surface area contributed by atoms with E-state index in [1.54, 1.807) is 0 Å². The molecule has 0 fully saturated rings. The second-order valence-electron chi connectivity index (χ2n) is 4.84. The summed E-state index contributed by atoms with van der Waals surface area (Å²) in [6, 6.07) is 2.37. The Kier molecular flexibility index (Phi) is 3.45. The third kappa shape index (κ3) is 4.08. The zero-order valence-corrected chi connectivity index (χ0v) is 9.52. The van der Waals surface area contributed by atoms with E-state index in [9.17, 15) is 13.2 Å². The molecule has 0 aliphatic carbocycles. The Hall–Kier alpha value is -1.26. The topological polar surface area (TPSA) is 24.9 Å². The Morgan fingerprint density at radius 3 is 2.19 bits per heavy atom. The van der Waals surface area contributed by atoms with E-state index in [-0.39, 0.29) is 5.41 Å². The molecule has 2 nitrogen and oxygen atoms in total. The Morgan fingerprint density at radius 2 is 1.81 bits per heavy atom. The Labute approximate surface area is 92.9 Å². The summed E-state index contributed by atoms with van der Waals surface area (Å²) < 4.78 is 36.7. The smallest absolute Gasteiger partial charge is 0.370 e. The first-order chi connectivity index (χ1) is 7.18. The molecule has 1 aromatic rings. The van der Waals surface area contributed by atoms with Gasteiger partial charge in [0.15, 0.2) is 0 Å². The maximum absolute atomic E-state index is 12.2. The predicted octanol–water partition coefficient (Wildman–Crippen LogP) is 3.56. The Bertz CT molecular complexity index is 336. The molecule has 1 N–H and O–H groups in total. The lowest BCUT2D eigenvalue weighted by molar-refractivity contribution is -0.137. The number of aromatic nitrogens is 1. The molecule has 0 atom stereocenters. The third-order valence-electron chi connectivity index (χ3n) is 1.89. The van der Waals surface area contributed by atoms with Crippen LogP contribution in [0.5, 0.6) is 0 Å². The van der Waals surface area contributed by atoms with Gasteiger partial charge in [-0.25, -0.2) is 4.98 Å². The quantitative estimate of drug-likeness (QED) is 0.843. The van der Waals surface area contributed by atoms with Gasteiger partial charge in [-0.2, -0.15) is 13.2 Å². The number of nitrogens with one attached hydrogen (secondary N) is 1. The summed E-state index contributed by atoms with van der Waals surface area (Å²) in [6.45, 7) is 6.75. The number of alkyl halides is 3. The molecule has 1 aromatic heterocycles.